The number of furan rings is 1. The van der Waals surface area contributed by atoms with Gasteiger partial charge in [0.25, 0.3) is 10.0 Å². The van der Waals surface area contributed by atoms with Crippen LogP contribution >= 0.6 is 15.9 Å². The molecule has 2 N–H and O–H groups in total. The van der Waals surface area contributed by atoms with Gasteiger partial charge in [-0.15, -0.1) is 0 Å². The molecule has 2 rings (SSSR count). The predicted molar refractivity (Wildman–Crippen MR) is 72.8 cm³/mol. The quantitative estimate of drug-likeness (QED) is 0.868. The van der Waals surface area contributed by atoms with Crippen molar-refractivity contribution in [3.8, 4) is 0 Å². The first-order chi connectivity index (χ1) is 9.01. The maximum absolute atomic E-state index is 11.9. The molecular weight excluding hydrogens is 334 g/mol. The third-order valence-electron chi connectivity index (χ3n) is 2.41. The highest BCUT2D eigenvalue weighted by Gasteiger charge is 2.18. The van der Waals surface area contributed by atoms with Crippen molar-refractivity contribution in [1.82, 2.24) is 4.72 Å². The molecule has 0 unspecified atom stereocenters. The van der Waals surface area contributed by atoms with Crippen molar-refractivity contribution in [3.63, 3.8) is 0 Å². The van der Waals surface area contributed by atoms with Crippen molar-refractivity contribution in [1.29, 1.82) is 0 Å². The zero-order chi connectivity index (χ0) is 13.9. The molecule has 0 aliphatic carbocycles. The van der Waals surface area contributed by atoms with Gasteiger partial charge < -0.3 is 9.52 Å². The maximum Gasteiger partial charge on any atom is 0.274 e. The molecule has 1 aromatic heterocycles. The molecule has 2 aromatic rings. The van der Waals surface area contributed by atoms with E-state index >= 15 is 0 Å². The van der Waals surface area contributed by atoms with Gasteiger partial charge in [0.05, 0.1) is 0 Å². The standard InChI is InChI=1S/C12H12BrNO4S/c13-10-3-1-2-9(6-10)7-14-19(16,17)12-5-4-11(8-15)18-12/h1-6,14-15H,7-8H2. The van der Waals surface area contributed by atoms with E-state index in [1.165, 1.54) is 12.1 Å². The minimum atomic E-state index is -3.70. The Bertz CT molecular complexity index is 666. The van der Waals surface area contributed by atoms with Crippen molar-refractivity contribution >= 4 is 26.0 Å². The van der Waals surface area contributed by atoms with E-state index in [2.05, 4.69) is 20.7 Å². The van der Waals surface area contributed by atoms with Crippen molar-refractivity contribution in [2.45, 2.75) is 18.2 Å². The van der Waals surface area contributed by atoms with Gasteiger partial charge in [0.15, 0.2) is 0 Å². The summed E-state index contributed by atoms with van der Waals surface area (Å²) in [5.74, 6) is 0.211. The van der Waals surface area contributed by atoms with E-state index in [4.69, 9.17) is 9.52 Å². The van der Waals surface area contributed by atoms with Crippen molar-refractivity contribution in [2.75, 3.05) is 0 Å². The number of benzene rings is 1. The van der Waals surface area contributed by atoms with Crippen LogP contribution in [0.15, 0.2) is 50.4 Å². The monoisotopic (exact) mass is 345 g/mol. The summed E-state index contributed by atoms with van der Waals surface area (Å²) in [7, 11) is -3.70. The minimum absolute atomic E-state index is 0.164. The molecule has 0 spiro atoms. The smallest absolute Gasteiger partial charge is 0.274 e. The Morgan fingerprint density at radius 1 is 1.26 bits per heavy atom. The van der Waals surface area contributed by atoms with Crippen LogP contribution in [0.1, 0.15) is 11.3 Å². The molecule has 19 heavy (non-hydrogen) atoms. The van der Waals surface area contributed by atoms with Gasteiger partial charge in [-0.25, -0.2) is 13.1 Å². The van der Waals surface area contributed by atoms with Gasteiger partial charge >= 0.3 is 0 Å². The number of halogens is 1. The van der Waals surface area contributed by atoms with Gasteiger partial charge in [-0.05, 0) is 29.8 Å². The first kappa shape index (κ1) is 14.3. The van der Waals surface area contributed by atoms with Crippen LogP contribution < -0.4 is 4.72 Å². The number of aliphatic hydroxyl groups excluding tert-OH is 1. The number of hydrogen-bond donors (Lipinski definition) is 2. The van der Waals surface area contributed by atoms with Crippen molar-refractivity contribution in [2.24, 2.45) is 0 Å². The second-order valence-corrected chi connectivity index (χ2v) is 6.45. The molecule has 1 heterocycles. The van der Waals surface area contributed by atoms with E-state index in [1.807, 2.05) is 24.3 Å². The number of nitrogens with one attached hydrogen (secondary N) is 1. The van der Waals surface area contributed by atoms with Gasteiger partial charge in [0.1, 0.15) is 12.4 Å². The van der Waals surface area contributed by atoms with E-state index < -0.39 is 10.0 Å². The molecule has 0 fully saturated rings. The first-order valence-electron chi connectivity index (χ1n) is 5.45. The van der Waals surface area contributed by atoms with Crippen molar-refractivity contribution in [3.05, 3.63) is 52.2 Å². The number of aliphatic hydroxyl groups is 1. The predicted octanol–water partition coefficient (Wildman–Crippen LogP) is 2.01. The van der Waals surface area contributed by atoms with E-state index in [0.29, 0.717) is 0 Å². The SMILES string of the molecule is O=S(=O)(NCc1cccc(Br)c1)c1ccc(CO)o1. The highest BCUT2D eigenvalue weighted by molar-refractivity contribution is 9.10. The van der Waals surface area contributed by atoms with Crippen LogP contribution in [0.25, 0.3) is 0 Å². The summed E-state index contributed by atoms with van der Waals surface area (Å²) in [5.41, 5.74) is 0.826. The lowest BCUT2D eigenvalue weighted by Gasteiger charge is -2.04. The average molecular weight is 346 g/mol. The third-order valence-corrected chi connectivity index (χ3v) is 4.18. The molecule has 5 nitrogen and oxygen atoms in total. The molecule has 7 heteroatoms. The highest BCUT2D eigenvalue weighted by Crippen LogP contribution is 2.15. The fraction of sp³-hybridized carbons (Fsp3) is 0.167. The molecule has 102 valence electrons. The summed E-state index contributed by atoms with van der Waals surface area (Å²) in [4.78, 5) is 0. The Morgan fingerprint density at radius 3 is 2.68 bits per heavy atom. The molecule has 0 bridgehead atoms. The Kier molecular flexibility index (Phi) is 4.41. The Balaban J connectivity index is 2.09. The van der Waals surface area contributed by atoms with Gasteiger partial charge in [-0.1, -0.05) is 28.1 Å². The largest absolute Gasteiger partial charge is 0.446 e. The molecule has 0 aliphatic heterocycles. The van der Waals surface area contributed by atoms with Gasteiger partial charge in [-0.3, -0.25) is 0 Å². The second kappa shape index (κ2) is 5.87. The fourth-order valence-electron chi connectivity index (χ4n) is 1.48. The molecule has 0 saturated carbocycles. The summed E-state index contributed by atoms with van der Waals surface area (Å²) in [6, 6.07) is 10.1. The molecule has 0 saturated heterocycles. The van der Waals surface area contributed by atoms with Gasteiger partial charge in [0.2, 0.25) is 5.09 Å². The third kappa shape index (κ3) is 3.66. The lowest BCUT2D eigenvalue weighted by atomic mass is 10.2. The van der Waals surface area contributed by atoms with Crippen LogP contribution in [-0.4, -0.2) is 13.5 Å². The summed E-state index contributed by atoms with van der Waals surface area (Å²) in [6.45, 7) is -0.169. The summed E-state index contributed by atoms with van der Waals surface area (Å²) < 4.78 is 32.2. The van der Waals surface area contributed by atoms with E-state index in [1.54, 1.807) is 0 Å². The van der Waals surface area contributed by atoms with E-state index in [0.717, 1.165) is 10.0 Å². The summed E-state index contributed by atoms with van der Waals surface area (Å²) in [6.07, 6.45) is 0. The Labute approximate surface area is 119 Å². The molecule has 0 atom stereocenters. The first-order valence-corrected chi connectivity index (χ1v) is 7.72. The van der Waals surface area contributed by atoms with Crippen LogP contribution in [0.4, 0.5) is 0 Å². The lowest BCUT2D eigenvalue weighted by Crippen LogP contribution is -2.22. The van der Waals surface area contributed by atoms with Crippen LogP contribution in [0.2, 0.25) is 0 Å². The lowest BCUT2D eigenvalue weighted by molar-refractivity contribution is 0.236. The van der Waals surface area contributed by atoms with Crippen molar-refractivity contribution < 1.29 is 17.9 Å². The second-order valence-electron chi connectivity index (χ2n) is 3.83. The number of hydrogen-bond acceptors (Lipinski definition) is 4. The zero-order valence-electron chi connectivity index (χ0n) is 9.84. The van der Waals surface area contributed by atoms with Crippen LogP contribution in [-0.2, 0) is 23.2 Å². The highest BCUT2D eigenvalue weighted by atomic mass is 79.9. The fourth-order valence-corrected chi connectivity index (χ4v) is 2.89. The number of sulfonamides is 1. The normalized spacial score (nSPS) is 11.7. The van der Waals surface area contributed by atoms with Crippen LogP contribution in [0.3, 0.4) is 0 Å². The summed E-state index contributed by atoms with van der Waals surface area (Å²) in [5, 5.41) is 8.64. The minimum Gasteiger partial charge on any atom is -0.446 e. The molecule has 0 amide bonds. The molecular formula is C12H12BrNO4S. The van der Waals surface area contributed by atoms with E-state index in [9.17, 15) is 8.42 Å². The van der Waals surface area contributed by atoms with E-state index in [-0.39, 0.29) is 24.0 Å². The molecule has 0 radical (unpaired) electrons. The Hall–Kier alpha value is -1.15. The zero-order valence-corrected chi connectivity index (χ0v) is 12.2. The maximum atomic E-state index is 11.9. The summed E-state index contributed by atoms with van der Waals surface area (Å²) >= 11 is 3.32. The average Bonchev–Trinajstić information content (AvgIpc) is 2.86. The van der Waals surface area contributed by atoms with Crippen LogP contribution in [0.5, 0.6) is 0 Å². The van der Waals surface area contributed by atoms with Crippen LogP contribution in [0, 0.1) is 0 Å². The van der Waals surface area contributed by atoms with Gasteiger partial charge in [0, 0.05) is 11.0 Å². The number of rotatable bonds is 5. The molecule has 0 aliphatic rings. The topological polar surface area (TPSA) is 79.5 Å². The molecule has 1 aromatic carbocycles. The Morgan fingerprint density at radius 2 is 2.05 bits per heavy atom. The van der Waals surface area contributed by atoms with Gasteiger partial charge in [-0.2, -0.15) is 0 Å².